The summed E-state index contributed by atoms with van der Waals surface area (Å²) in [5.74, 6) is 1.45. The van der Waals surface area contributed by atoms with Crippen molar-refractivity contribution in [3.63, 3.8) is 0 Å². The van der Waals surface area contributed by atoms with Gasteiger partial charge in [-0.3, -0.25) is 4.79 Å². The highest BCUT2D eigenvalue weighted by Gasteiger charge is 2.03. The van der Waals surface area contributed by atoms with Crippen LogP contribution in [0.15, 0.2) is 42.6 Å². The number of ether oxygens (including phenoxy) is 1. The number of rotatable bonds is 7. The summed E-state index contributed by atoms with van der Waals surface area (Å²) in [5.41, 5.74) is 7.03. The van der Waals surface area contributed by atoms with Gasteiger partial charge in [0.05, 0.1) is 19.0 Å². The summed E-state index contributed by atoms with van der Waals surface area (Å²) in [5, 5.41) is 5.95. The molecule has 0 aliphatic carbocycles. The van der Waals surface area contributed by atoms with E-state index in [9.17, 15) is 4.79 Å². The maximum Gasteiger partial charge on any atom is 0.225 e. The lowest BCUT2D eigenvalue weighted by molar-refractivity contribution is -0.116. The molecule has 0 unspecified atom stereocenters. The number of nitrogens with two attached hydrogens (primary N) is 1. The van der Waals surface area contributed by atoms with Gasteiger partial charge in [-0.05, 0) is 18.2 Å². The number of hydrogen-bond donors (Lipinski definition) is 3. The average molecular weight is 300 g/mol. The Kier molecular flexibility index (Phi) is 5.73. The Morgan fingerprint density at radius 1 is 1.27 bits per heavy atom. The lowest BCUT2D eigenvalue weighted by atomic mass is 10.2. The van der Waals surface area contributed by atoms with Crippen molar-refractivity contribution in [1.29, 1.82) is 0 Å². The number of hydrogen-bond acceptors (Lipinski definition) is 5. The van der Waals surface area contributed by atoms with Gasteiger partial charge in [0.1, 0.15) is 11.6 Å². The second-order valence-electron chi connectivity index (χ2n) is 4.68. The van der Waals surface area contributed by atoms with Crippen LogP contribution in [-0.4, -0.2) is 24.5 Å². The Hall–Kier alpha value is -2.60. The van der Waals surface area contributed by atoms with Crippen LogP contribution in [0.3, 0.4) is 0 Å². The smallest absolute Gasteiger partial charge is 0.225 e. The fourth-order valence-electron chi connectivity index (χ4n) is 1.96. The van der Waals surface area contributed by atoms with Gasteiger partial charge in [-0.2, -0.15) is 0 Å². The molecule has 0 bridgehead atoms. The molecule has 0 spiro atoms. The number of methoxy groups -OCH3 is 1. The molecule has 22 heavy (non-hydrogen) atoms. The first-order chi connectivity index (χ1) is 10.7. The van der Waals surface area contributed by atoms with Crippen LogP contribution in [0, 0.1) is 0 Å². The molecule has 1 aromatic heterocycles. The summed E-state index contributed by atoms with van der Waals surface area (Å²) < 4.78 is 5.30. The molecule has 0 aliphatic heterocycles. The second-order valence-corrected chi connectivity index (χ2v) is 4.68. The van der Waals surface area contributed by atoms with Crippen molar-refractivity contribution < 1.29 is 9.53 Å². The highest BCUT2D eigenvalue weighted by Crippen LogP contribution is 2.18. The molecular weight excluding hydrogens is 280 g/mol. The molecule has 2 rings (SSSR count). The Morgan fingerprint density at radius 2 is 2.09 bits per heavy atom. The number of anilines is 2. The number of nitrogens with one attached hydrogen (secondary N) is 2. The van der Waals surface area contributed by atoms with Gasteiger partial charge < -0.3 is 21.1 Å². The fraction of sp³-hybridized carbons (Fsp3) is 0.250. The first-order valence-electron chi connectivity index (χ1n) is 7.04. The predicted molar refractivity (Wildman–Crippen MR) is 86.9 cm³/mol. The van der Waals surface area contributed by atoms with E-state index in [0.29, 0.717) is 25.2 Å². The second kappa shape index (κ2) is 7.99. The molecule has 1 amide bonds. The van der Waals surface area contributed by atoms with Crippen molar-refractivity contribution in [3.05, 3.63) is 48.2 Å². The molecule has 0 radical (unpaired) electrons. The zero-order valence-corrected chi connectivity index (χ0v) is 12.5. The molecule has 0 saturated heterocycles. The molecule has 6 nitrogen and oxygen atoms in total. The SMILES string of the molecule is COc1ccccc1CNc1ccc(NC(=O)CCN)cn1. The molecule has 0 atom stereocenters. The maximum absolute atomic E-state index is 11.4. The van der Waals surface area contributed by atoms with E-state index in [1.54, 1.807) is 19.4 Å². The number of amides is 1. The number of carbonyl (C=O) groups is 1. The minimum atomic E-state index is -0.112. The van der Waals surface area contributed by atoms with E-state index >= 15 is 0 Å². The minimum Gasteiger partial charge on any atom is -0.496 e. The van der Waals surface area contributed by atoms with Crippen molar-refractivity contribution in [2.24, 2.45) is 5.73 Å². The number of para-hydroxylation sites is 1. The Balaban J connectivity index is 1.92. The van der Waals surface area contributed by atoms with E-state index < -0.39 is 0 Å². The summed E-state index contributed by atoms with van der Waals surface area (Å²) in [6.45, 7) is 0.938. The first kappa shape index (κ1) is 15.8. The van der Waals surface area contributed by atoms with Crippen LogP contribution in [-0.2, 0) is 11.3 Å². The standard InChI is InChI=1S/C16H20N4O2/c1-22-14-5-3-2-4-12(14)10-18-15-7-6-13(11-19-15)20-16(21)8-9-17/h2-7,11H,8-10,17H2,1H3,(H,18,19)(H,20,21). The topological polar surface area (TPSA) is 89.3 Å². The normalized spacial score (nSPS) is 10.1. The number of pyridine rings is 1. The molecular formula is C16H20N4O2. The van der Waals surface area contributed by atoms with Gasteiger partial charge in [0.25, 0.3) is 0 Å². The van der Waals surface area contributed by atoms with Crippen LogP contribution in [0.1, 0.15) is 12.0 Å². The van der Waals surface area contributed by atoms with Gasteiger partial charge in [-0.15, -0.1) is 0 Å². The van der Waals surface area contributed by atoms with E-state index in [4.69, 9.17) is 10.5 Å². The molecule has 0 saturated carbocycles. The number of nitrogens with zero attached hydrogens (tertiary/aromatic N) is 1. The quantitative estimate of drug-likeness (QED) is 0.727. The summed E-state index contributed by atoms with van der Waals surface area (Å²) in [6.07, 6.45) is 1.91. The zero-order chi connectivity index (χ0) is 15.8. The van der Waals surface area contributed by atoms with Gasteiger partial charge >= 0.3 is 0 Å². The van der Waals surface area contributed by atoms with E-state index in [2.05, 4.69) is 15.6 Å². The molecule has 2 aromatic rings. The Bertz CT molecular complexity index is 614. The lowest BCUT2D eigenvalue weighted by Crippen LogP contribution is -2.16. The highest BCUT2D eigenvalue weighted by molar-refractivity contribution is 5.90. The number of aromatic nitrogens is 1. The minimum absolute atomic E-state index is 0.112. The highest BCUT2D eigenvalue weighted by atomic mass is 16.5. The molecule has 0 aliphatic rings. The third-order valence-electron chi connectivity index (χ3n) is 3.07. The van der Waals surface area contributed by atoms with Gasteiger partial charge in [0, 0.05) is 25.1 Å². The third kappa shape index (κ3) is 4.46. The van der Waals surface area contributed by atoms with Crippen molar-refractivity contribution >= 4 is 17.4 Å². The van der Waals surface area contributed by atoms with Crippen molar-refractivity contribution in [3.8, 4) is 5.75 Å². The van der Waals surface area contributed by atoms with Crippen LogP contribution in [0.4, 0.5) is 11.5 Å². The van der Waals surface area contributed by atoms with E-state index in [-0.39, 0.29) is 5.91 Å². The summed E-state index contributed by atoms with van der Waals surface area (Å²) in [7, 11) is 1.65. The van der Waals surface area contributed by atoms with E-state index in [1.165, 1.54) is 0 Å². The maximum atomic E-state index is 11.4. The Morgan fingerprint density at radius 3 is 2.77 bits per heavy atom. The molecule has 1 heterocycles. The zero-order valence-electron chi connectivity index (χ0n) is 12.5. The average Bonchev–Trinajstić information content (AvgIpc) is 2.54. The largest absolute Gasteiger partial charge is 0.496 e. The molecule has 0 fully saturated rings. The van der Waals surface area contributed by atoms with Crippen LogP contribution in [0.25, 0.3) is 0 Å². The predicted octanol–water partition coefficient (Wildman–Crippen LogP) is 1.99. The van der Waals surface area contributed by atoms with Gasteiger partial charge in [0.15, 0.2) is 0 Å². The Labute approximate surface area is 129 Å². The van der Waals surface area contributed by atoms with Crippen molar-refractivity contribution in [2.45, 2.75) is 13.0 Å². The van der Waals surface area contributed by atoms with Gasteiger partial charge in [-0.1, -0.05) is 18.2 Å². The summed E-state index contributed by atoms with van der Waals surface area (Å²) in [6, 6.07) is 11.4. The molecule has 4 N–H and O–H groups in total. The number of carbonyl (C=O) groups excluding carboxylic acids is 1. The van der Waals surface area contributed by atoms with E-state index in [0.717, 1.165) is 17.1 Å². The molecule has 116 valence electrons. The van der Waals surface area contributed by atoms with Crippen LogP contribution in [0.5, 0.6) is 5.75 Å². The fourth-order valence-corrected chi connectivity index (χ4v) is 1.96. The van der Waals surface area contributed by atoms with Gasteiger partial charge in [0.2, 0.25) is 5.91 Å². The molecule has 6 heteroatoms. The first-order valence-corrected chi connectivity index (χ1v) is 7.04. The monoisotopic (exact) mass is 300 g/mol. The lowest BCUT2D eigenvalue weighted by Gasteiger charge is -2.10. The van der Waals surface area contributed by atoms with Crippen molar-refractivity contribution in [1.82, 2.24) is 4.98 Å². The van der Waals surface area contributed by atoms with Crippen molar-refractivity contribution in [2.75, 3.05) is 24.3 Å². The molecule has 1 aromatic carbocycles. The third-order valence-corrected chi connectivity index (χ3v) is 3.07. The summed E-state index contributed by atoms with van der Waals surface area (Å²) >= 11 is 0. The van der Waals surface area contributed by atoms with Crippen LogP contribution in [0.2, 0.25) is 0 Å². The number of benzene rings is 1. The van der Waals surface area contributed by atoms with Crippen LogP contribution < -0.4 is 21.1 Å². The van der Waals surface area contributed by atoms with Crippen LogP contribution >= 0.6 is 0 Å². The van der Waals surface area contributed by atoms with Gasteiger partial charge in [-0.25, -0.2) is 4.98 Å². The summed E-state index contributed by atoms with van der Waals surface area (Å²) in [4.78, 5) is 15.7. The van der Waals surface area contributed by atoms with E-state index in [1.807, 2.05) is 30.3 Å².